The maximum Gasteiger partial charge on any atom is 0.233 e. The lowest BCUT2D eigenvalue weighted by molar-refractivity contribution is -0.135. The normalized spacial score (nSPS) is 18.0. The monoisotopic (exact) mass is 417 g/mol. The number of aromatic nitrogens is 4. The number of ether oxygens (including phenoxy) is 1. The zero-order valence-corrected chi connectivity index (χ0v) is 17.8. The maximum absolute atomic E-state index is 13.3. The number of aromatic amines is 1. The van der Waals surface area contributed by atoms with Crippen molar-refractivity contribution in [1.82, 2.24) is 25.1 Å². The van der Waals surface area contributed by atoms with E-state index in [4.69, 9.17) is 4.74 Å². The number of nitrogens with zero attached hydrogens (tertiary/aromatic N) is 4. The van der Waals surface area contributed by atoms with Gasteiger partial charge < -0.3 is 9.64 Å². The number of benzene rings is 1. The SMILES string of the molecule is COc1ccc(C2(C(=O)N3CCC(Cc4nc(-c5ccncc5)n[nH]4)CC3)CC2)cc1. The molecule has 160 valence electrons. The Morgan fingerprint density at radius 3 is 2.48 bits per heavy atom. The molecule has 5 rings (SSSR count). The largest absolute Gasteiger partial charge is 0.497 e. The van der Waals surface area contributed by atoms with Crippen molar-refractivity contribution < 1.29 is 9.53 Å². The average Bonchev–Trinajstić information content (AvgIpc) is 3.52. The molecular weight excluding hydrogens is 390 g/mol. The van der Waals surface area contributed by atoms with Gasteiger partial charge in [0.1, 0.15) is 11.6 Å². The number of nitrogens with one attached hydrogen (secondary N) is 1. The molecule has 0 spiro atoms. The molecule has 1 aliphatic carbocycles. The molecule has 7 nitrogen and oxygen atoms in total. The Morgan fingerprint density at radius 2 is 1.84 bits per heavy atom. The van der Waals surface area contributed by atoms with E-state index in [1.165, 1.54) is 0 Å². The Bertz CT molecular complexity index is 1040. The summed E-state index contributed by atoms with van der Waals surface area (Å²) < 4.78 is 5.26. The molecule has 1 aliphatic heterocycles. The predicted octanol–water partition coefficient (Wildman–Crippen LogP) is 3.39. The minimum absolute atomic E-state index is 0.288. The summed E-state index contributed by atoms with van der Waals surface area (Å²) in [4.78, 5) is 24.1. The molecular formula is C24H27N5O2. The smallest absolute Gasteiger partial charge is 0.233 e. The fourth-order valence-electron chi connectivity index (χ4n) is 4.59. The quantitative estimate of drug-likeness (QED) is 0.665. The zero-order chi connectivity index (χ0) is 21.3. The second kappa shape index (κ2) is 8.13. The molecule has 7 heteroatoms. The van der Waals surface area contributed by atoms with Crippen LogP contribution in [0.3, 0.4) is 0 Å². The van der Waals surface area contributed by atoms with Crippen LogP contribution in [0.25, 0.3) is 11.4 Å². The van der Waals surface area contributed by atoms with E-state index in [-0.39, 0.29) is 11.3 Å². The zero-order valence-electron chi connectivity index (χ0n) is 17.8. The van der Waals surface area contributed by atoms with Crippen LogP contribution in [0.15, 0.2) is 48.8 Å². The van der Waals surface area contributed by atoms with Gasteiger partial charge in [-0.05, 0) is 61.4 Å². The molecule has 1 saturated carbocycles. The van der Waals surface area contributed by atoms with Crippen LogP contribution in [0.4, 0.5) is 0 Å². The summed E-state index contributed by atoms with van der Waals surface area (Å²) in [6.45, 7) is 1.62. The standard InChI is InChI=1S/C24H27N5O2/c1-31-20-4-2-19(3-5-20)24(10-11-24)23(30)29-14-8-17(9-15-29)16-21-26-22(28-27-21)18-6-12-25-13-7-18/h2-7,12-13,17H,8-11,14-16H2,1H3,(H,26,27,28). The van der Waals surface area contributed by atoms with E-state index in [1.54, 1.807) is 19.5 Å². The van der Waals surface area contributed by atoms with E-state index >= 15 is 0 Å². The Hall–Kier alpha value is -3.22. The molecule has 3 heterocycles. The number of amides is 1. The molecule has 1 N–H and O–H groups in total. The number of piperidine rings is 1. The van der Waals surface area contributed by atoms with Gasteiger partial charge in [0, 0.05) is 37.5 Å². The Kier molecular flexibility index (Phi) is 5.18. The Morgan fingerprint density at radius 1 is 1.13 bits per heavy atom. The van der Waals surface area contributed by atoms with Crippen LogP contribution in [0.2, 0.25) is 0 Å². The Balaban J connectivity index is 1.18. The van der Waals surface area contributed by atoms with Crippen LogP contribution in [-0.2, 0) is 16.6 Å². The van der Waals surface area contributed by atoms with Gasteiger partial charge in [0.2, 0.25) is 5.91 Å². The number of carbonyl (C=O) groups is 1. The van der Waals surface area contributed by atoms with Gasteiger partial charge in [-0.2, -0.15) is 5.10 Å². The van der Waals surface area contributed by atoms with Crippen LogP contribution in [0.1, 0.15) is 37.1 Å². The van der Waals surface area contributed by atoms with Crippen LogP contribution in [0, 0.1) is 5.92 Å². The van der Waals surface area contributed by atoms with E-state index in [1.807, 2.05) is 36.4 Å². The van der Waals surface area contributed by atoms with Gasteiger partial charge >= 0.3 is 0 Å². The van der Waals surface area contributed by atoms with E-state index in [0.29, 0.717) is 11.7 Å². The molecule has 1 saturated heterocycles. The highest BCUT2D eigenvalue weighted by Gasteiger charge is 2.53. The third-order valence-electron chi connectivity index (χ3n) is 6.66. The van der Waals surface area contributed by atoms with Crippen molar-refractivity contribution in [3.8, 4) is 17.1 Å². The summed E-state index contributed by atoms with van der Waals surface area (Å²) in [5.74, 6) is 3.25. The first-order valence-corrected chi connectivity index (χ1v) is 10.9. The minimum atomic E-state index is -0.316. The second-order valence-electron chi connectivity index (χ2n) is 8.59. The molecule has 3 aromatic rings. The van der Waals surface area contributed by atoms with E-state index in [2.05, 4.69) is 25.1 Å². The van der Waals surface area contributed by atoms with Crippen LogP contribution in [-0.4, -0.2) is 51.2 Å². The number of H-pyrrole nitrogens is 1. The van der Waals surface area contributed by atoms with Gasteiger partial charge in [0.15, 0.2) is 5.82 Å². The highest BCUT2D eigenvalue weighted by molar-refractivity contribution is 5.91. The van der Waals surface area contributed by atoms with Crippen LogP contribution in [0.5, 0.6) is 5.75 Å². The highest BCUT2D eigenvalue weighted by atomic mass is 16.5. The van der Waals surface area contributed by atoms with Gasteiger partial charge in [0.05, 0.1) is 12.5 Å². The fourth-order valence-corrected chi connectivity index (χ4v) is 4.59. The highest BCUT2D eigenvalue weighted by Crippen LogP contribution is 2.50. The first-order valence-electron chi connectivity index (χ1n) is 10.9. The predicted molar refractivity (Wildman–Crippen MR) is 117 cm³/mol. The van der Waals surface area contributed by atoms with Crippen LogP contribution >= 0.6 is 0 Å². The number of pyridine rings is 1. The Labute approximate surface area is 181 Å². The van der Waals surface area contributed by atoms with Crippen molar-refractivity contribution in [2.24, 2.45) is 5.92 Å². The van der Waals surface area contributed by atoms with Gasteiger partial charge in [-0.15, -0.1) is 0 Å². The lowest BCUT2D eigenvalue weighted by Gasteiger charge is -2.34. The number of rotatable bonds is 6. The molecule has 0 unspecified atom stereocenters. The number of carbonyl (C=O) groups excluding carboxylic acids is 1. The third kappa shape index (κ3) is 3.92. The van der Waals surface area contributed by atoms with Crippen molar-refractivity contribution in [1.29, 1.82) is 0 Å². The first kappa shape index (κ1) is 19.7. The summed E-state index contributed by atoms with van der Waals surface area (Å²) in [6, 6.07) is 11.8. The summed E-state index contributed by atoms with van der Waals surface area (Å²) in [5.41, 5.74) is 1.76. The van der Waals surface area contributed by atoms with Crippen molar-refractivity contribution in [2.45, 2.75) is 37.5 Å². The van der Waals surface area contributed by atoms with E-state index < -0.39 is 0 Å². The molecule has 1 amide bonds. The van der Waals surface area contributed by atoms with Gasteiger partial charge in [-0.1, -0.05) is 12.1 Å². The summed E-state index contributed by atoms with van der Waals surface area (Å²) in [6.07, 6.45) is 8.23. The lowest BCUT2D eigenvalue weighted by atomic mass is 9.90. The second-order valence-corrected chi connectivity index (χ2v) is 8.59. The van der Waals surface area contributed by atoms with Gasteiger partial charge in [-0.3, -0.25) is 14.9 Å². The molecule has 2 fully saturated rings. The van der Waals surface area contributed by atoms with Gasteiger partial charge in [-0.25, -0.2) is 4.98 Å². The van der Waals surface area contributed by atoms with E-state index in [9.17, 15) is 4.79 Å². The van der Waals surface area contributed by atoms with Crippen molar-refractivity contribution in [3.05, 3.63) is 60.2 Å². The molecule has 2 aliphatic rings. The van der Waals surface area contributed by atoms with Crippen molar-refractivity contribution in [3.63, 3.8) is 0 Å². The number of hydrogen-bond acceptors (Lipinski definition) is 5. The van der Waals surface area contributed by atoms with E-state index in [0.717, 1.165) is 67.9 Å². The lowest BCUT2D eigenvalue weighted by Crippen LogP contribution is -2.44. The van der Waals surface area contributed by atoms with Gasteiger partial charge in [0.25, 0.3) is 0 Å². The molecule has 0 atom stereocenters. The number of likely N-dealkylation sites (tertiary alicyclic amines) is 1. The molecule has 0 radical (unpaired) electrons. The average molecular weight is 418 g/mol. The summed E-state index contributed by atoms with van der Waals surface area (Å²) in [7, 11) is 1.66. The maximum atomic E-state index is 13.3. The van der Waals surface area contributed by atoms with Crippen molar-refractivity contribution in [2.75, 3.05) is 20.2 Å². The third-order valence-corrected chi connectivity index (χ3v) is 6.66. The molecule has 2 aromatic heterocycles. The molecule has 0 bridgehead atoms. The number of methoxy groups -OCH3 is 1. The van der Waals surface area contributed by atoms with Crippen molar-refractivity contribution >= 4 is 5.91 Å². The topological polar surface area (TPSA) is 84.0 Å². The molecule has 1 aromatic carbocycles. The number of hydrogen-bond donors (Lipinski definition) is 1. The van der Waals surface area contributed by atoms with Crippen LogP contribution < -0.4 is 4.74 Å². The first-order chi connectivity index (χ1) is 15.2. The summed E-state index contributed by atoms with van der Waals surface area (Å²) >= 11 is 0. The summed E-state index contributed by atoms with van der Waals surface area (Å²) in [5, 5.41) is 7.42. The minimum Gasteiger partial charge on any atom is -0.497 e. The fraction of sp³-hybridized carbons (Fsp3) is 0.417. The molecule has 31 heavy (non-hydrogen) atoms.